The Morgan fingerprint density at radius 1 is 0.336 bits per heavy atom. The van der Waals surface area contributed by atoms with Gasteiger partial charge in [-0.2, -0.15) is 0 Å². The highest BCUT2D eigenvalue weighted by Crippen LogP contribution is 2.50. The van der Waals surface area contributed by atoms with Crippen LogP contribution >= 0.6 is 79.4 Å². The van der Waals surface area contributed by atoms with Crippen molar-refractivity contribution in [2.45, 2.75) is 114 Å². The van der Waals surface area contributed by atoms with Gasteiger partial charge in [0.1, 0.15) is 90.4 Å². The van der Waals surface area contributed by atoms with E-state index in [-0.39, 0.29) is 0 Å². The predicted octanol–water partition coefficient (Wildman–Crippen LogP) is 20.2. The van der Waals surface area contributed by atoms with Gasteiger partial charge in [-0.1, -0.05) is 46.1 Å². The van der Waals surface area contributed by atoms with Gasteiger partial charge >= 0.3 is 0 Å². The lowest BCUT2D eigenvalue weighted by atomic mass is 10.1. The molecule has 45 heteroatoms. The number of thiophene rings is 5. The van der Waals surface area contributed by atoms with Crippen LogP contribution in [0.25, 0.3) is 163 Å². The van der Waals surface area contributed by atoms with Crippen molar-refractivity contribution >= 4 is 213 Å². The fourth-order valence-corrected chi connectivity index (χ4v) is 30.4. The van der Waals surface area contributed by atoms with E-state index in [2.05, 4.69) is 75.6 Å². The molecule has 0 saturated heterocycles. The molecule has 0 aromatic carbocycles. The molecule has 0 spiro atoms. The molecular formula is C98H106N26O7S12. The number of anilines is 5. The van der Waals surface area contributed by atoms with Crippen molar-refractivity contribution in [3.8, 4) is 112 Å². The largest absolute Gasteiger partial charge is 0.396 e. The van der Waals surface area contributed by atoms with Crippen LogP contribution in [0.15, 0.2) is 186 Å². The van der Waals surface area contributed by atoms with Gasteiger partial charge in [0.25, 0.3) is 0 Å². The zero-order valence-corrected chi connectivity index (χ0v) is 90.5. The van der Waals surface area contributed by atoms with Gasteiger partial charge in [-0.05, 0) is 107 Å². The molecular weight excluding hydrogens is 2040 g/mol. The number of hydrogen-bond acceptors (Lipinski definition) is 35. The molecule has 5 atom stereocenters. The molecule has 143 heavy (non-hydrogen) atoms. The first-order valence-electron chi connectivity index (χ1n) is 45.5. The number of aryl methyl sites for hydroxylation is 5. The van der Waals surface area contributed by atoms with Crippen molar-refractivity contribution in [1.29, 1.82) is 0 Å². The van der Waals surface area contributed by atoms with Gasteiger partial charge in [0.2, 0.25) is 0 Å². The summed E-state index contributed by atoms with van der Waals surface area (Å²) in [4.78, 5) is 75.3. The molecule has 20 aromatic rings. The van der Waals surface area contributed by atoms with Crippen molar-refractivity contribution in [1.82, 2.24) is 103 Å². The highest BCUT2D eigenvalue weighted by atomic mass is 32.2. The molecule has 0 aliphatic rings. The number of rotatable bonds is 32. The molecule has 0 aliphatic carbocycles. The third-order valence-electron chi connectivity index (χ3n) is 23.5. The highest BCUT2D eigenvalue weighted by molar-refractivity contribution is 7.89. The van der Waals surface area contributed by atoms with Crippen LogP contribution in [0.4, 0.5) is 28.4 Å². The van der Waals surface area contributed by atoms with Crippen LogP contribution in [0, 0.1) is 20.8 Å². The number of thiazole rings is 2. The first-order chi connectivity index (χ1) is 69.2. The Balaban J connectivity index is 0.000000128. The summed E-state index contributed by atoms with van der Waals surface area (Å²) in [7, 11) is 7.30. The maximum absolute atomic E-state index is 12.9. The van der Waals surface area contributed by atoms with Gasteiger partial charge in [-0.15, -0.1) is 79.4 Å². The maximum Gasteiger partial charge on any atom is 0.141 e. The zero-order chi connectivity index (χ0) is 101. The second-order valence-corrected chi connectivity index (χ2v) is 48.6. The van der Waals surface area contributed by atoms with E-state index < -0.39 is 54.0 Å². The number of pyridine rings is 7. The van der Waals surface area contributed by atoms with Crippen LogP contribution in [-0.2, 0) is 98.7 Å². The first kappa shape index (κ1) is 104. The summed E-state index contributed by atoms with van der Waals surface area (Å²) in [5, 5.41) is 9.68. The molecule has 0 fully saturated rings. The van der Waals surface area contributed by atoms with Crippen LogP contribution in [0.1, 0.15) is 89.6 Å². The number of hydrogen-bond donors (Lipinski definition) is 5. The maximum atomic E-state index is 12.9. The number of imidazole rings is 5. The van der Waals surface area contributed by atoms with Crippen molar-refractivity contribution in [2.24, 2.45) is 35.2 Å². The molecule has 0 bridgehead atoms. The average molecular weight is 2140 g/mol. The zero-order valence-electron chi connectivity index (χ0n) is 80.7. The highest BCUT2D eigenvalue weighted by Gasteiger charge is 2.30. The number of nitrogens with two attached hydrogens (primary N) is 5. The molecule has 0 aliphatic heterocycles. The lowest BCUT2D eigenvalue weighted by molar-refractivity contribution is 0.200. The van der Waals surface area contributed by atoms with Crippen LogP contribution in [0.5, 0.6) is 0 Å². The molecule has 4 unspecified atom stereocenters. The molecule has 742 valence electrons. The van der Waals surface area contributed by atoms with Gasteiger partial charge in [0.15, 0.2) is 0 Å². The number of aromatic nitrogens is 21. The molecule has 33 nitrogen and oxygen atoms in total. The van der Waals surface area contributed by atoms with Gasteiger partial charge in [-0.3, -0.25) is 31.0 Å². The lowest BCUT2D eigenvalue weighted by Crippen LogP contribution is -2.02. The SMILES string of the molecule is CCCCS(=O)c1sc2nc(-c3ccccn3)cc(-c3cnc(C)n3C)c2c1N.CCCCS(=O)c1sc2nc(-c3cccnc3)cc(-c3cnc(C)n3C)c2c1N.CCCCS(=O)c1sc2nc(-c3cncnc3)cc(-c3cnc(C)n3C)c2c1N.COCCCS(=O)c1sc2nc(-c3nccs3)cc(-c3cncn3C)c2c1N.COCCC[S@@](=O)c1sc2nc(-c3nccs3)cc(-c3cncn3C)c2c1N. The Morgan fingerprint density at radius 2 is 0.671 bits per heavy atom. The summed E-state index contributed by atoms with van der Waals surface area (Å²) in [5.74, 6) is 5.56. The second-order valence-electron chi connectivity index (χ2n) is 33.0. The number of fused-ring (bicyclic) bond motifs is 5. The van der Waals surface area contributed by atoms with Gasteiger partial charge in [-0.25, -0.2) is 69.8 Å². The molecule has 10 N–H and O–H groups in total. The quantitative estimate of drug-likeness (QED) is 0.0244. The smallest absolute Gasteiger partial charge is 0.141 e. The molecule has 0 saturated carbocycles. The second kappa shape index (κ2) is 47.2. The minimum absolute atomic E-state index is 0.505. The van der Waals surface area contributed by atoms with Crippen LogP contribution in [0.2, 0.25) is 0 Å². The van der Waals surface area contributed by atoms with E-state index in [1.54, 1.807) is 82.6 Å². The van der Waals surface area contributed by atoms with E-state index in [1.807, 2.05) is 169 Å². The van der Waals surface area contributed by atoms with E-state index in [4.69, 9.17) is 63.1 Å². The molecule has 20 rings (SSSR count). The van der Waals surface area contributed by atoms with Crippen molar-refractivity contribution < 1.29 is 30.5 Å². The van der Waals surface area contributed by atoms with Gasteiger partial charge in [0, 0.05) is 211 Å². The Morgan fingerprint density at radius 3 is 0.979 bits per heavy atom. The molecule has 0 amide bonds. The van der Waals surface area contributed by atoms with E-state index in [0.717, 1.165) is 219 Å². The molecule has 20 heterocycles. The Hall–Kier alpha value is -12.1. The number of ether oxygens (including phenoxy) is 2. The minimum atomic E-state index is -1.19. The summed E-state index contributed by atoms with van der Waals surface area (Å²) >= 11 is 10.1. The summed E-state index contributed by atoms with van der Waals surface area (Å²) in [6.45, 7) is 13.3. The Labute approximate surface area is 866 Å². The average Bonchev–Trinajstić information content (AvgIpc) is 1.62. The van der Waals surface area contributed by atoms with Crippen LogP contribution < -0.4 is 28.7 Å². The van der Waals surface area contributed by atoms with E-state index >= 15 is 0 Å². The number of methoxy groups -OCH3 is 2. The Kier molecular flexibility index (Phi) is 34.2. The van der Waals surface area contributed by atoms with E-state index in [0.29, 0.717) is 104 Å². The monoisotopic (exact) mass is 2140 g/mol. The van der Waals surface area contributed by atoms with Gasteiger partial charge < -0.3 is 61.0 Å². The Bertz CT molecular complexity index is 7390. The fraction of sp³-hybridized carbons (Fsp3) is 0.286. The first-order valence-corrected chi connectivity index (χ1v) is 58.0. The summed E-state index contributed by atoms with van der Waals surface area (Å²) in [6, 6.07) is 19.6. The van der Waals surface area contributed by atoms with Crippen LogP contribution in [-0.4, -0.2) is 180 Å². The minimum Gasteiger partial charge on any atom is -0.396 e. The lowest BCUT2D eigenvalue weighted by Gasteiger charge is -2.09. The normalized spacial score (nSPS) is 12.6. The van der Waals surface area contributed by atoms with Crippen molar-refractivity contribution in [2.75, 3.05) is 84.9 Å². The van der Waals surface area contributed by atoms with Crippen molar-refractivity contribution in [3.63, 3.8) is 0 Å². The molecule has 20 aromatic heterocycles. The van der Waals surface area contributed by atoms with Gasteiger partial charge in [0.05, 0.1) is 177 Å². The number of nitrogens with zero attached hydrogens (tertiary/aromatic N) is 21. The summed E-state index contributed by atoms with van der Waals surface area (Å²) in [6.07, 6.45) is 33.5. The third kappa shape index (κ3) is 22.6. The predicted molar refractivity (Wildman–Crippen MR) is 589 cm³/mol. The topological polar surface area (TPSA) is 465 Å². The summed E-state index contributed by atoms with van der Waals surface area (Å²) in [5.41, 5.74) is 51.0. The van der Waals surface area contributed by atoms with E-state index in [9.17, 15) is 21.0 Å². The summed E-state index contributed by atoms with van der Waals surface area (Å²) < 4.78 is 87.7. The van der Waals surface area contributed by atoms with E-state index in [1.165, 1.54) is 85.7 Å². The third-order valence-corrected chi connectivity index (χ3v) is 40.0. The molecule has 0 radical (unpaired) electrons. The van der Waals surface area contributed by atoms with Crippen molar-refractivity contribution in [3.05, 3.63) is 182 Å². The number of unbranched alkanes of at least 4 members (excludes halogenated alkanes) is 3. The fourth-order valence-electron chi connectivity index (χ4n) is 15.6. The number of nitrogen functional groups attached to an aromatic ring is 5. The standard InChI is InChI=1S/2C21H23N5OS2.C20H22N6OS2.2C18H19N5O2S3/c1-4-5-10-29(27)21-19(22)18-14(17-12-24-13(2)26(17)3)11-16(25-20(18)28-21)15-8-6-7-9-23-15;1-4-5-9-29(27)21-19(22)18-15(17-12-24-13(2)26(17)3)10-16(25-20(18)28-21)14-7-6-8-23-11-14;1-4-5-6-29(27)20-18(21)17-14(16-10-24-12(2)26(16)3)7-15(25-19(17)28-20)13-8-22-11-23-9-13;2*1-23-10-20-9-13(23)11-8-12(16-21-4-6-26-16)22-17-14(11)15(19)18(27-17)28(24)7-3-5-25-2/h6-9,11-12H,4-5,10,22H2,1-3H3;6-8,10-12H,4-5,9,22H2,1-3H3;7-11H,4-6,21H2,1-3H3;2*4,6,8-10H,3,5,7,19H2,1-2H3/t;;;28-;/m...1./s1. The van der Waals surface area contributed by atoms with Crippen LogP contribution in [0.3, 0.4) is 0 Å².